The second-order valence-corrected chi connectivity index (χ2v) is 6.01. The van der Waals surface area contributed by atoms with Gasteiger partial charge in [0.1, 0.15) is 11.6 Å². The second kappa shape index (κ2) is 4.67. The highest BCUT2D eigenvalue weighted by atomic mass is 32.2. The van der Waals surface area contributed by atoms with Gasteiger partial charge in [0.05, 0.1) is 10.5 Å². The average Bonchev–Trinajstić information content (AvgIpc) is 2.12. The summed E-state index contributed by atoms with van der Waals surface area (Å²) >= 11 is 0. The minimum absolute atomic E-state index is 0.256. The minimum Gasteiger partial charge on any atom is -0.389 e. The van der Waals surface area contributed by atoms with Gasteiger partial charge < -0.3 is 5.11 Å². The zero-order valence-electron chi connectivity index (χ0n) is 9.37. The number of nitrogens with one attached hydrogen (secondary N) is 1. The van der Waals surface area contributed by atoms with Gasteiger partial charge >= 0.3 is 0 Å². The molecule has 7 heteroatoms. The quantitative estimate of drug-likeness (QED) is 0.854. The number of benzene rings is 1. The van der Waals surface area contributed by atoms with Crippen molar-refractivity contribution in [1.29, 1.82) is 0 Å². The topological polar surface area (TPSA) is 66.4 Å². The van der Waals surface area contributed by atoms with Crippen LogP contribution in [0.5, 0.6) is 0 Å². The number of sulfonamides is 1. The predicted molar refractivity (Wildman–Crippen MR) is 57.8 cm³/mol. The van der Waals surface area contributed by atoms with Gasteiger partial charge in [-0.15, -0.1) is 0 Å². The van der Waals surface area contributed by atoms with Gasteiger partial charge in [-0.25, -0.2) is 21.9 Å². The summed E-state index contributed by atoms with van der Waals surface area (Å²) < 4.78 is 51.0. The molecule has 0 heterocycles. The lowest BCUT2D eigenvalue weighted by Gasteiger charge is -2.17. The van der Waals surface area contributed by atoms with E-state index in [9.17, 15) is 22.3 Å². The summed E-state index contributed by atoms with van der Waals surface area (Å²) in [5.74, 6) is -1.96. The Morgan fingerprint density at radius 3 is 2.12 bits per heavy atom. The van der Waals surface area contributed by atoms with E-state index in [0.29, 0.717) is 18.2 Å². The van der Waals surface area contributed by atoms with Crippen molar-refractivity contribution in [3.63, 3.8) is 0 Å². The van der Waals surface area contributed by atoms with Crippen molar-refractivity contribution in [2.24, 2.45) is 0 Å². The average molecular weight is 265 g/mol. The molecule has 96 valence electrons. The third kappa shape index (κ3) is 4.37. The van der Waals surface area contributed by atoms with E-state index in [1.165, 1.54) is 13.8 Å². The maximum atomic E-state index is 12.9. The maximum Gasteiger partial charge on any atom is 0.240 e. The van der Waals surface area contributed by atoms with Crippen molar-refractivity contribution < 1.29 is 22.3 Å². The molecule has 0 bridgehead atoms. The Bertz CT molecular complexity index is 489. The lowest BCUT2D eigenvalue weighted by atomic mass is 10.1. The van der Waals surface area contributed by atoms with Gasteiger partial charge in [0, 0.05) is 12.6 Å². The first-order valence-electron chi connectivity index (χ1n) is 4.78. The Labute approximate surface area is 98.3 Å². The van der Waals surface area contributed by atoms with Gasteiger partial charge in [-0.3, -0.25) is 0 Å². The molecule has 0 aromatic heterocycles. The smallest absolute Gasteiger partial charge is 0.240 e. The Kier molecular flexibility index (Phi) is 3.85. The summed E-state index contributed by atoms with van der Waals surface area (Å²) in [5, 5.41) is 9.36. The molecule has 4 nitrogen and oxygen atoms in total. The van der Waals surface area contributed by atoms with Crippen LogP contribution in [0.4, 0.5) is 8.78 Å². The number of hydrogen-bond acceptors (Lipinski definition) is 3. The molecule has 0 unspecified atom stereocenters. The highest BCUT2D eigenvalue weighted by Crippen LogP contribution is 2.13. The van der Waals surface area contributed by atoms with E-state index in [0.717, 1.165) is 0 Å². The molecule has 0 radical (unpaired) electrons. The zero-order chi connectivity index (χ0) is 13.3. The molecule has 1 rings (SSSR count). The normalized spacial score (nSPS) is 12.8. The van der Waals surface area contributed by atoms with Gasteiger partial charge in [-0.05, 0) is 26.0 Å². The number of rotatable bonds is 4. The Hall–Kier alpha value is -1.05. The maximum absolute atomic E-state index is 12.9. The largest absolute Gasteiger partial charge is 0.389 e. The molecule has 0 fully saturated rings. The van der Waals surface area contributed by atoms with Gasteiger partial charge in [0.15, 0.2) is 0 Å². The van der Waals surface area contributed by atoms with Crippen molar-refractivity contribution in [3.8, 4) is 0 Å². The number of halogens is 2. The first-order chi connectivity index (χ1) is 7.60. The molecule has 2 N–H and O–H groups in total. The van der Waals surface area contributed by atoms with Crippen LogP contribution < -0.4 is 4.72 Å². The summed E-state index contributed by atoms with van der Waals surface area (Å²) in [6, 6.07) is 1.99. The van der Waals surface area contributed by atoms with E-state index >= 15 is 0 Å². The molecule has 17 heavy (non-hydrogen) atoms. The SMILES string of the molecule is CC(C)(O)CNS(=O)(=O)c1cc(F)cc(F)c1. The van der Waals surface area contributed by atoms with E-state index in [1.54, 1.807) is 0 Å². The number of aliphatic hydroxyl groups is 1. The van der Waals surface area contributed by atoms with Crippen molar-refractivity contribution >= 4 is 10.0 Å². The Morgan fingerprint density at radius 1 is 1.24 bits per heavy atom. The van der Waals surface area contributed by atoms with Crippen LogP contribution in [0, 0.1) is 11.6 Å². The van der Waals surface area contributed by atoms with E-state index in [1.807, 2.05) is 0 Å². The molecule has 0 saturated carbocycles. The molecule has 0 aliphatic carbocycles. The van der Waals surface area contributed by atoms with E-state index in [-0.39, 0.29) is 6.54 Å². The van der Waals surface area contributed by atoms with Crippen LogP contribution in [-0.4, -0.2) is 25.7 Å². The Balaban J connectivity index is 2.98. The van der Waals surface area contributed by atoms with Crippen molar-refractivity contribution in [2.75, 3.05) is 6.54 Å². The highest BCUT2D eigenvalue weighted by Gasteiger charge is 2.20. The molecule has 0 saturated heterocycles. The third-order valence-electron chi connectivity index (χ3n) is 1.84. The standard InChI is InChI=1S/C10H13F2NO3S/c1-10(2,14)6-13-17(15,16)9-4-7(11)3-8(12)5-9/h3-5,13-14H,6H2,1-2H3. The van der Waals surface area contributed by atoms with Crippen LogP contribution in [0.3, 0.4) is 0 Å². The fourth-order valence-corrected chi connectivity index (χ4v) is 2.28. The van der Waals surface area contributed by atoms with E-state index in [2.05, 4.69) is 4.72 Å². The van der Waals surface area contributed by atoms with E-state index < -0.39 is 32.2 Å². The summed E-state index contributed by atoms with van der Waals surface area (Å²) in [6.45, 7) is 2.55. The highest BCUT2D eigenvalue weighted by molar-refractivity contribution is 7.89. The summed E-state index contributed by atoms with van der Waals surface area (Å²) in [5.41, 5.74) is -1.25. The molecule has 0 spiro atoms. The van der Waals surface area contributed by atoms with Gasteiger partial charge in [0.2, 0.25) is 10.0 Å². The third-order valence-corrected chi connectivity index (χ3v) is 3.22. The van der Waals surface area contributed by atoms with Crippen molar-refractivity contribution in [2.45, 2.75) is 24.3 Å². The molecule has 0 aliphatic heterocycles. The van der Waals surface area contributed by atoms with E-state index in [4.69, 9.17) is 0 Å². The van der Waals surface area contributed by atoms with Crippen LogP contribution >= 0.6 is 0 Å². The summed E-state index contributed by atoms with van der Waals surface area (Å²) in [7, 11) is -4.03. The molecule has 1 aromatic rings. The number of hydrogen-bond donors (Lipinski definition) is 2. The molecular weight excluding hydrogens is 252 g/mol. The fraction of sp³-hybridized carbons (Fsp3) is 0.400. The molecule has 0 aliphatic rings. The zero-order valence-corrected chi connectivity index (χ0v) is 10.2. The predicted octanol–water partition coefficient (Wildman–Crippen LogP) is 1.01. The lowest BCUT2D eigenvalue weighted by molar-refractivity contribution is 0.0857. The first kappa shape index (κ1) is 14.0. The second-order valence-electron chi connectivity index (χ2n) is 4.24. The van der Waals surface area contributed by atoms with Crippen LogP contribution in [-0.2, 0) is 10.0 Å². The van der Waals surface area contributed by atoms with Gasteiger partial charge in [0.25, 0.3) is 0 Å². The summed E-state index contributed by atoms with van der Waals surface area (Å²) in [6.07, 6.45) is 0. The van der Waals surface area contributed by atoms with Crippen molar-refractivity contribution in [3.05, 3.63) is 29.8 Å². The summed E-state index contributed by atoms with van der Waals surface area (Å²) in [4.78, 5) is -0.515. The van der Waals surface area contributed by atoms with Gasteiger partial charge in [-0.1, -0.05) is 0 Å². The Morgan fingerprint density at radius 2 is 1.71 bits per heavy atom. The fourth-order valence-electron chi connectivity index (χ4n) is 1.04. The molecule has 1 aromatic carbocycles. The lowest BCUT2D eigenvalue weighted by Crippen LogP contribution is -2.38. The first-order valence-corrected chi connectivity index (χ1v) is 6.27. The van der Waals surface area contributed by atoms with Gasteiger partial charge in [-0.2, -0.15) is 0 Å². The van der Waals surface area contributed by atoms with Crippen LogP contribution in [0.1, 0.15) is 13.8 Å². The molecule has 0 amide bonds. The van der Waals surface area contributed by atoms with Crippen LogP contribution in [0.15, 0.2) is 23.1 Å². The van der Waals surface area contributed by atoms with Crippen LogP contribution in [0.2, 0.25) is 0 Å². The minimum atomic E-state index is -4.03. The van der Waals surface area contributed by atoms with Crippen LogP contribution in [0.25, 0.3) is 0 Å². The molecule has 0 atom stereocenters. The monoisotopic (exact) mass is 265 g/mol. The van der Waals surface area contributed by atoms with Crippen molar-refractivity contribution in [1.82, 2.24) is 4.72 Å². The molecular formula is C10H13F2NO3S.